The molecule has 0 aliphatic carbocycles. The van der Waals surface area contributed by atoms with Crippen molar-refractivity contribution < 1.29 is 27.5 Å². The topological polar surface area (TPSA) is 62.2 Å². The minimum atomic E-state index is -4.71. The molecule has 0 radical (unpaired) electrons. The monoisotopic (exact) mass is 414 g/mol. The lowest BCUT2D eigenvalue weighted by atomic mass is 10.1. The van der Waals surface area contributed by atoms with E-state index < -0.39 is 23.3 Å². The molecule has 0 aliphatic rings. The third-order valence-electron chi connectivity index (χ3n) is 3.41. The number of carbonyl (C=O) groups is 1. The molecular formula is C17H10F4N2O2S2. The zero-order chi connectivity index (χ0) is 19.6. The van der Waals surface area contributed by atoms with E-state index in [1.54, 1.807) is 12.1 Å². The van der Waals surface area contributed by atoms with Gasteiger partial charge in [0.25, 0.3) is 0 Å². The average Bonchev–Trinajstić information content (AvgIpc) is 3.08. The van der Waals surface area contributed by atoms with Crippen LogP contribution in [-0.4, -0.2) is 16.1 Å². The van der Waals surface area contributed by atoms with E-state index in [0.29, 0.717) is 20.8 Å². The van der Waals surface area contributed by atoms with Crippen molar-refractivity contribution in [2.75, 3.05) is 4.72 Å². The van der Waals surface area contributed by atoms with Gasteiger partial charge in [0, 0.05) is 5.56 Å². The van der Waals surface area contributed by atoms with Gasteiger partial charge in [0.05, 0.1) is 23.0 Å². The average molecular weight is 414 g/mol. The zero-order valence-corrected chi connectivity index (χ0v) is 14.9. The Morgan fingerprint density at radius 1 is 1.15 bits per heavy atom. The first-order chi connectivity index (χ1) is 12.7. The molecule has 0 spiro atoms. The van der Waals surface area contributed by atoms with Gasteiger partial charge in [-0.15, -0.1) is 11.3 Å². The second-order valence-corrected chi connectivity index (χ2v) is 7.40. The van der Waals surface area contributed by atoms with Crippen LogP contribution < -0.4 is 4.72 Å². The third kappa shape index (κ3) is 4.58. The number of rotatable bonds is 5. The maximum Gasteiger partial charge on any atom is 0.418 e. The molecule has 2 aromatic carbocycles. The maximum atomic E-state index is 13.2. The predicted molar refractivity (Wildman–Crippen MR) is 95.4 cm³/mol. The van der Waals surface area contributed by atoms with Crippen molar-refractivity contribution in [2.45, 2.75) is 10.4 Å². The summed E-state index contributed by atoms with van der Waals surface area (Å²) < 4.78 is 55.7. The lowest BCUT2D eigenvalue weighted by Crippen LogP contribution is -2.10. The number of aromatic nitrogens is 1. The minimum Gasteiger partial charge on any atom is -0.478 e. The van der Waals surface area contributed by atoms with E-state index in [4.69, 9.17) is 5.11 Å². The summed E-state index contributed by atoms with van der Waals surface area (Å²) in [6.45, 7) is 0. The van der Waals surface area contributed by atoms with Gasteiger partial charge in [0.2, 0.25) is 0 Å². The Morgan fingerprint density at radius 2 is 1.85 bits per heavy atom. The fraction of sp³-hybridized carbons (Fsp3) is 0.0588. The Kier molecular flexibility index (Phi) is 5.38. The highest BCUT2D eigenvalue weighted by Gasteiger charge is 2.34. The highest BCUT2D eigenvalue weighted by molar-refractivity contribution is 8.02. The number of thiazole rings is 1. The highest BCUT2D eigenvalue weighted by Crippen LogP contribution is 2.38. The summed E-state index contributed by atoms with van der Waals surface area (Å²) in [6, 6.07) is 8.45. The Balaban J connectivity index is 1.79. The van der Waals surface area contributed by atoms with Crippen molar-refractivity contribution in [2.24, 2.45) is 0 Å². The smallest absolute Gasteiger partial charge is 0.418 e. The molecule has 140 valence electrons. The molecule has 0 saturated carbocycles. The molecule has 0 atom stereocenters. The standard InChI is InChI=1S/C17H10F4N2O2S2/c18-11-4-1-9(2-5-11)15-22-8-14(26-15)27-23-13-6-3-10(16(24)25)7-12(13)17(19,20)21/h1-8,23H,(H,24,25). The first-order valence-corrected chi connectivity index (χ1v) is 8.96. The number of carboxylic acid groups (broad SMARTS) is 1. The van der Waals surface area contributed by atoms with E-state index in [1.807, 2.05) is 0 Å². The van der Waals surface area contributed by atoms with Gasteiger partial charge in [-0.25, -0.2) is 14.2 Å². The summed E-state index contributed by atoms with van der Waals surface area (Å²) in [5, 5.41) is 9.47. The molecule has 0 unspecified atom stereocenters. The molecule has 0 aliphatic heterocycles. The molecular weight excluding hydrogens is 404 g/mol. The number of benzene rings is 2. The number of alkyl halides is 3. The summed E-state index contributed by atoms with van der Waals surface area (Å²) in [4.78, 5) is 15.1. The maximum absolute atomic E-state index is 13.2. The fourth-order valence-corrected chi connectivity index (χ4v) is 3.82. The zero-order valence-electron chi connectivity index (χ0n) is 13.2. The quantitative estimate of drug-likeness (QED) is 0.409. The number of anilines is 1. The van der Waals surface area contributed by atoms with Crippen molar-refractivity contribution in [1.29, 1.82) is 0 Å². The van der Waals surface area contributed by atoms with E-state index in [2.05, 4.69) is 9.71 Å². The minimum absolute atomic E-state index is 0.255. The van der Waals surface area contributed by atoms with Crippen molar-refractivity contribution in [1.82, 2.24) is 4.98 Å². The summed E-state index contributed by atoms with van der Waals surface area (Å²) in [5.41, 5.74) is -1.09. The molecule has 2 N–H and O–H groups in total. The lowest BCUT2D eigenvalue weighted by Gasteiger charge is -2.14. The molecule has 3 aromatic rings. The molecule has 1 aromatic heterocycles. The van der Waals surface area contributed by atoms with Crippen LogP contribution in [0.3, 0.4) is 0 Å². The molecule has 1 heterocycles. The molecule has 0 fully saturated rings. The van der Waals surface area contributed by atoms with Crippen LogP contribution in [0, 0.1) is 5.82 Å². The second-order valence-electron chi connectivity index (χ2n) is 5.26. The van der Waals surface area contributed by atoms with E-state index >= 15 is 0 Å². The number of nitrogens with one attached hydrogen (secondary N) is 1. The second kappa shape index (κ2) is 7.57. The van der Waals surface area contributed by atoms with Crippen LogP contribution in [0.2, 0.25) is 0 Å². The summed E-state index contributed by atoms with van der Waals surface area (Å²) >= 11 is 2.15. The Labute approximate surface area is 159 Å². The molecule has 0 saturated heterocycles. The molecule has 0 bridgehead atoms. The van der Waals surface area contributed by atoms with Crippen molar-refractivity contribution in [3.63, 3.8) is 0 Å². The van der Waals surface area contributed by atoms with Gasteiger partial charge in [-0.2, -0.15) is 13.2 Å². The molecule has 0 amide bonds. The van der Waals surface area contributed by atoms with Crippen LogP contribution >= 0.6 is 23.3 Å². The van der Waals surface area contributed by atoms with Crippen molar-refractivity contribution in [3.05, 3.63) is 65.6 Å². The van der Waals surface area contributed by atoms with Crippen molar-refractivity contribution >= 4 is 34.9 Å². The summed E-state index contributed by atoms with van der Waals surface area (Å²) in [5.74, 6) is -1.82. The van der Waals surface area contributed by atoms with E-state index in [1.165, 1.54) is 29.7 Å². The fourth-order valence-electron chi connectivity index (χ4n) is 2.14. The number of nitrogens with zero attached hydrogens (tertiary/aromatic N) is 1. The Hall–Kier alpha value is -2.59. The van der Waals surface area contributed by atoms with E-state index in [-0.39, 0.29) is 11.5 Å². The summed E-state index contributed by atoms with van der Waals surface area (Å²) in [7, 11) is 0. The third-order valence-corrected chi connectivity index (χ3v) is 5.38. The Bertz CT molecular complexity index is 972. The molecule has 27 heavy (non-hydrogen) atoms. The largest absolute Gasteiger partial charge is 0.478 e. The molecule has 10 heteroatoms. The summed E-state index contributed by atoms with van der Waals surface area (Å²) in [6.07, 6.45) is -3.22. The van der Waals surface area contributed by atoms with Crippen LogP contribution in [0.15, 0.2) is 52.9 Å². The van der Waals surface area contributed by atoms with Gasteiger partial charge in [0.15, 0.2) is 0 Å². The number of hydrogen-bond donors (Lipinski definition) is 2. The Morgan fingerprint density at radius 3 is 2.48 bits per heavy atom. The van der Waals surface area contributed by atoms with Gasteiger partial charge < -0.3 is 9.83 Å². The van der Waals surface area contributed by atoms with Crippen molar-refractivity contribution in [3.8, 4) is 10.6 Å². The van der Waals surface area contributed by atoms with Crippen LogP contribution in [0.5, 0.6) is 0 Å². The number of aromatic carboxylic acids is 1. The lowest BCUT2D eigenvalue weighted by molar-refractivity contribution is -0.136. The van der Waals surface area contributed by atoms with Gasteiger partial charge in [0.1, 0.15) is 15.0 Å². The van der Waals surface area contributed by atoms with Crippen LogP contribution in [0.25, 0.3) is 10.6 Å². The normalized spacial score (nSPS) is 11.4. The van der Waals surface area contributed by atoms with Gasteiger partial charge >= 0.3 is 12.1 Å². The molecule has 4 nitrogen and oxygen atoms in total. The number of hydrogen-bond acceptors (Lipinski definition) is 5. The van der Waals surface area contributed by atoms with Crippen LogP contribution in [-0.2, 0) is 6.18 Å². The van der Waals surface area contributed by atoms with Gasteiger partial charge in [-0.3, -0.25) is 0 Å². The van der Waals surface area contributed by atoms with Crippen LogP contribution in [0.1, 0.15) is 15.9 Å². The molecule has 3 rings (SSSR count). The predicted octanol–water partition coefficient (Wildman–Crippen LogP) is 5.79. The highest BCUT2D eigenvalue weighted by atomic mass is 32.2. The van der Waals surface area contributed by atoms with E-state index in [0.717, 1.165) is 24.1 Å². The SMILES string of the molecule is O=C(O)c1ccc(NSc2cnc(-c3ccc(F)cc3)s2)c(C(F)(F)F)c1. The first kappa shape index (κ1) is 19.2. The van der Waals surface area contributed by atoms with Crippen LogP contribution in [0.4, 0.5) is 23.2 Å². The van der Waals surface area contributed by atoms with E-state index in [9.17, 15) is 22.4 Å². The first-order valence-electron chi connectivity index (χ1n) is 7.33. The number of carboxylic acids is 1. The number of halogens is 4. The van der Waals surface area contributed by atoms with Gasteiger partial charge in [-0.1, -0.05) is 0 Å². The van der Waals surface area contributed by atoms with Gasteiger partial charge in [-0.05, 0) is 54.4 Å².